The molecule has 2 aromatic heterocycles. The monoisotopic (exact) mass is 777 g/mol. The Balaban J connectivity index is 0.00000220. The number of fused-ring (bicyclic) bond motifs is 6. The molecule has 0 aliphatic rings. The summed E-state index contributed by atoms with van der Waals surface area (Å²) in [6, 6.07) is 75.3. The molecular formula is C58H39N3. The molecule has 0 saturated carbocycles. The second kappa shape index (κ2) is 15.5. The van der Waals surface area contributed by atoms with Crippen LogP contribution in [0.3, 0.4) is 0 Å². The predicted octanol–water partition coefficient (Wildman–Crippen LogP) is 15.6. The van der Waals surface area contributed by atoms with Crippen molar-refractivity contribution in [2.75, 3.05) is 0 Å². The smallest absolute Gasteiger partial charge is 0.0992 e. The average molecular weight is 778 g/mol. The summed E-state index contributed by atoms with van der Waals surface area (Å²) in [5.41, 5.74) is 17.6. The van der Waals surface area contributed by atoms with E-state index in [0.717, 1.165) is 105 Å². The molecule has 0 spiro atoms. The van der Waals surface area contributed by atoms with Gasteiger partial charge in [0.1, 0.15) is 0 Å². The molecule has 3 nitrogen and oxygen atoms in total. The van der Waals surface area contributed by atoms with Gasteiger partial charge < -0.3 is 4.40 Å². The molecule has 9 aromatic carbocycles. The number of aromatic nitrogens is 1. The van der Waals surface area contributed by atoms with E-state index in [9.17, 15) is 10.5 Å². The predicted molar refractivity (Wildman–Crippen MR) is 254 cm³/mol. The molecule has 2 heterocycles. The molecule has 3 heteroatoms. The maximum absolute atomic E-state index is 10.3. The fourth-order valence-electron chi connectivity index (χ4n) is 9.32. The number of rotatable bonds is 6. The van der Waals surface area contributed by atoms with Crippen LogP contribution in [0.15, 0.2) is 200 Å². The molecule has 0 bridgehead atoms. The first-order valence-electron chi connectivity index (χ1n) is 20.8. The Bertz CT molecular complexity index is 3140. The zero-order chi connectivity index (χ0) is 41.5. The Morgan fingerprint density at radius 2 is 0.672 bits per heavy atom. The van der Waals surface area contributed by atoms with Crippen molar-refractivity contribution in [1.29, 1.82) is 10.5 Å². The van der Waals surface area contributed by atoms with E-state index in [-0.39, 0.29) is 0 Å². The molecule has 0 radical (unpaired) electrons. The van der Waals surface area contributed by atoms with Gasteiger partial charge in [0.2, 0.25) is 0 Å². The largest absolute Gasteiger partial charge is 0.308 e. The van der Waals surface area contributed by atoms with E-state index >= 15 is 0 Å². The highest BCUT2D eigenvalue weighted by Crippen LogP contribution is 2.54. The van der Waals surface area contributed by atoms with Gasteiger partial charge in [0.25, 0.3) is 0 Å². The second-order valence-electron chi connectivity index (χ2n) is 15.0. The van der Waals surface area contributed by atoms with E-state index in [4.69, 9.17) is 0 Å². The fourth-order valence-corrected chi connectivity index (χ4v) is 9.32. The number of nitriles is 2. The summed E-state index contributed by atoms with van der Waals surface area (Å²) in [5, 5.41) is 24.8. The first-order valence-corrected chi connectivity index (χ1v) is 20.8. The van der Waals surface area contributed by atoms with E-state index in [1.54, 1.807) is 0 Å². The molecular weight excluding hydrogens is 739 g/mol. The van der Waals surface area contributed by atoms with Crippen LogP contribution >= 0.6 is 0 Å². The van der Waals surface area contributed by atoms with Gasteiger partial charge in [-0.15, -0.1) is 0 Å². The van der Waals surface area contributed by atoms with Crippen LogP contribution in [-0.2, 0) is 0 Å². The SMILES string of the molecule is CC.N#Cc1ccc2c3c(-c4c(-c5ccccc5)cccc4-c4ccccc4)cc(-c4c(-c5ccccc5)cccc4-c4ccccc4)c4c5ccc(C#N)cc5n(c2c1)c34. The Labute approximate surface area is 355 Å². The summed E-state index contributed by atoms with van der Waals surface area (Å²) in [6.45, 7) is 4.00. The van der Waals surface area contributed by atoms with Crippen molar-refractivity contribution in [2.24, 2.45) is 0 Å². The Morgan fingerprint density at radius 1 is 0.344 bits per heavy atom. The minimum absolute atomic E-state index is 0.584. The molecule has 0 aliphatic carbocycles. The van der Waals surface area contributed by atoms with Gasteiger partial charge in [-0.2, -0.15) is 10.5 Å². The molecule has 0 saturated heterocycles. The molecule has 11 rings (SSSR count). The average Bonchev–Trinajstić information content (AvgIpc) is 3.87. The lowest BCUT2D eigenvalue weighted by Crippen LogP contribution is -1.95. The Kier molecular flexibility index (Phi) is 9.42. The summed E-state index contributed by atoms with van der Waals surface area (Å²) in [7, 11) is 0. The van der Waals surface area contributed by atoms with Crippen molar-refractivity contribution in [3.05, 3.63) is 211 Å². The van der Waals surface area contributed by atoms with Crippen LogP contribution in [-0.4, -0.2) is 4.40 Å². The maximum atomic E-state index is 10.3. The number of hydrogen-bond acceptors (Lipinski definition) is 2. The third-order valence-corrected chi connectivity index (χ3v) is 11.8. The molecule has 0 aliphatic heterocycles. The number of hydrogen-bond donors (Lipinski definition) is 0. The van der Waals surface area contributed by atoms with Crippen LogP contribution in [0, 0.1) is 22.7 Å². The summed E-state index contributed by atoms with van der Waals surface area (Å²) in [6.07, 6.45) is 0. The lowest BCUT2D eigenvalue weighted by atomic mass is 9.81. The van der Waals surface area contributed by atoms with Gasteiger partial charge in [-0.25, -0.2) is 0 Å². The van der Waals surface area contributed by atoms with Crippen LogP contribution in [0.4, 0.5) is 0 Å². The molecule has 0 atom stereocenters. The van der Waals surface area contributed by atoms with Crippen molar-refractivity contribution in [1.82, 2.24) is 4.40 Å². The summed E-state index contributed by atoms with van der Waals surface area (Å²) >= 11 is 0. The highest BCUT2D eigenvalue weighted by Gasteiger charge is 2.29. The van der Waals surface area contributed by atoms with Crippen LogP contribution in [0.25, 0.3) is 105 Å². The zero-order valence-corrected chi connectivity index (χ0v) is 33.9. The van der Waals surface area contributed by atoms with Crippen molar-refractivity contribution in [3.8, 4) is 78.9 Å². The lowest BCUT2D eigenvalue weighted by Gasteiger charge is -2.21. The minimum Gasteiger partial charge on any atom is -0.308 e. The first-order chi connectivity index (χ1) is 30.2. The van der Waals surface area contributed by atoms with Gasteiger partial charge in [0.15, 0.2) is 0 Å². The van der Waals surface area contributed by atoms with Gasteiger partial charge in [-0.05, 0) is 97.1 Å². The highest BCUT2D eigenvalue weighted by molar-refractivity contribution is 6.32. The molecule has 0 unspecified atom stereocenters. The minimum atomic E-state index is 0.584. The summed E-state index contributed by atoms with van der Waals surface area (Å²) in [4.78, 5) is 0. The van der Waals surface area contributed by atoms with Gasteiger partial charge in [-0.1, -0.05) is 184 Å². The molecule has 0 fully saturated rings. The van der Waals surface area contributed by atoms with Crippen LogP contribution < -0.4 is 0 Å². The summed E-state index contributed by atoms with van der Waals surface area (Å²) < 4.78 is 2.31. The standard InChI is InChI=1S/C56H33N3.C2H6/c57-34-36-27-29-46-50(31-36)59-51-32-37(35-58)28-30-47(51)55-49(53-44(40-19-9-3-10-20-40)25-14-26-45(53)41-21-11-4-12-22-41)33-48(54(46)56(55)59)52-42(38-15-5-1-6-16-38)23-13-24-43(52)39-17-7-2-8-18-39;1-2/h1-33H;1-2H3. The number of benzene rings is 9. The van der Waals surface area contributed by atoms with Gasteiger partial charge in [-0.3, -0.25) is 0 Å². The summed E-state index contributed by atoms with van der Waals surface area (Å²) in [5.74, 6) is 0. The van der Waals surface area contributed by atoms with Crippen LogP contribution in [0.1, 0.15) is 25.0 Å². The van der Waals surface area contributed by atoms with E-state index in [1.807, 2.05) is 38.1 Å². The van der Waals surface area contributed by atoms with E-state index in [0.29, 0.717) is 11.1 Å². The Hall–Kier alpha value is -8.24. The van der Waals surface area contributed by atoms with Crippen molar-refractivity contribution in [2.45, 2.75) is 13.8 Å². The van der Waals surface area contributed by atoms with Crippen molar-refractivity contribution >= 4 is 38.1 Å². The first kappa shape index (κ1) is 37.1. The van der Waals surface area contributed by atoms with Gasteiger partial charge in [0, 0.05) is 21.5 Å². The van der Waals surface area contributed by atoms with Crippen LogP contribution in [0.5, 0.6) is 0 Å². The zero-order valence-electron chi connectivity index (χ0n) is 33.9. The fraction of sp³-hybridized carbons (Fsp3) is 0.0345. The van der Waals surface area contributed by atoms with Crippen molar-refractivity contribution < 1.29 is 0 Å². The quantitative estimate of drug-likeness (QED) is 0.169. The number of nitrogens with zero attached hydrogens (tertiary/aromatic N) is 3. The molecule has 0 N–H and O–H groups in total. The maximum Gasteiger partial charge on any atom is 0.0992 e. The van der Waals surface area contributed by atoms with Gasteiger partial charge >= 0.3 is 0 Å². The lowest BCUT2D eigenvalue weighted by molar-refractivity contribution is 1.36. The topological polar surface area (TPSA) is 52.0 Å². The third-order valence-electron chi connectivity index (χ3n) is 11.8. The third kappa shape index (κ3) is 6.03. The molecule has 61 heavy (non-hydrogen) atoms. The van der Waals surface area contributed by atoms with E-state index < -0.39 is 0 Å². The molecule has 286 valence electrons. The second-order valence-corrected chi connectivity index (χ2v) is 15.0. The molecule has 0 amide bonds. The van der Waals surface area contributed by atoms with Gasteiger partial charge in [0.05, 0.1) is 39.8 Å². The van der Waals surface area contributed by atoms with Crippen LogP contribution in [0.2, 0.25) is 0 Å². The van der Waals surface area contributed by atoms with Crippen molar-refractivity contribution in [3.63, 3.8) is 0 Å². The van der Waals surface area contributed by atoms with E-state index in [2.05, 4.69) is 192 Å². The molecule has 11 aromatic rings. The van der Waals surface area contributed by atoms with E-state index in [1.165, 1.54) is 0 Å². The highest BCUT2D eigenvalue weighted by atomic mass is 14.9. The normalized spacial score (nSPS) is 11.1. The Morgan fingerprint density at radius 3 is 0.984 bits per heavy atom.